The first-order valence-electron chi connectivity index (χ1n) is 12.0. The molecule has 0 aliphatic heterocycles. The van der Waals surface area contributed by atoms with Crippen LogP contribution in [0, 0.1) is 23.2 Å². The summed E-state index contributed by atoms with van der Waals surface area (Å²) in [5.41, 5.74) is 3.23. The van der Waals surface area contributed by atoms with Crippen molar-refractivity contribution in [1.82, 2.24) is 0 Å². The molecule has 2 N–H and O–H groups in total. The number of nitrogens with zero attached hydrogens (tertiary/aromatic N) is 1. The molecular formula is C28H37AsN2O3. The first kappa shape index (κ1) is 27.7. The number of carboxylic acid groups (broad SMARTS) is 1. The van der Waals surface area contributed by atoms with E-state index in [1.807, 2.05) is 25.1 Å². The van der Waals surface area contributed by atoms with Gasteiger partial charge in [0.15, 0.2) is 0 Å². The van der Waals surface area contributed by atoms with Crippen molar-refractivity contribution in [1.29, 1.82) is 5.26 Å². The number of anilines is 1. The van der Waals surface area contributed by atoms with Crippen molar-refractivity contribution in [2.24, 2.45) is 11.8 Å². The van der Waals surface area contributed by atoms with E-state index in [2.05, 4.69) is 51.2 Å². The van der Waals surface area contributed by atoms with Crippen LogP contribution in [0.3, 0.4) is 0 Å². The summed E-state index contributed by atoms with van der Waals surface area (Å²) in [6.07, 6.45) is 1.03. The molecule has 0 aromatic heterocycles. The van der Waals surface area contributed by atoms with Crippen molar-refractivity contribution < 1.29 is 14.7 Å². The Balaban J connectivity index is 2.40. The van der Waals surface area contributed by atoms with Gasteiger partial charge in [-0.2, -0.15) is 0 Å². The average Bonchev–Trinajstić information content (AvgIpc) is 2.76. The van der Waals surface area contributed by atoms with E-state index in [1.165, 1.54) is 4.35 Å². The van der Waals surface area contributed by atoms with Gasteiger partial charge in [0.1, 0.15) is 0 Å². The Morgan fingerprint density at radius 3 is 2.15 bits per heavy atom. The number of carboxylic acids is 1. The number of amides is 1. The van der Waals surface area contributed by atoms with Crippen molar-refractivity contribution in [2.45, 2.75) is 70.2 Å². The van der Waals surface area contributed by atoms with Gasteiger partial charge in [0.2, 0.25) is 0 Å². The molecule has 2 aromatic carbocycles. The van der Waals surface area contributed by atoms with Crippen LogP contribution < -0.4 is 9.67 Å². The van der Waals surface area contributed by atoms with Crippen LogP contribution in [0.5, 0.6) is 0 Å². The normalized spacial score (nSPS) is 12.1. The number of benzene rings is 2. The zero-order valence-corrected chi connectivity index (χ0v) is 22.8. The number of aliphatic carboxylic acids is 1. The third-order valence-electron chi connectivity index (χ3n) is 5.64. The van der Waals surface area contributed by atoms with Gasteiger partial charge in [-0.1, -0.05) is 0 Å². The number of nitrogens with one attached hydrogen (secondary N) is 1. The fourth-order valence-electron chi connectivity index (χ4n) is 4.12. The molecule has 34 heavy (non-hydrogen) atoms. The molecule has 0 fully saturated rings. The second kappa shape index (κ2) is 13.4. The van der Waals surface area contributed by atoms with Crippen molar-refractivity contribution in [3.05, 3.63) is 59.2 Å². The van der Waals surface area contributed by atoms with Crippen LogP contribution >= 0.6 is 0 Å². The molecule has 2 aromatic rings. The van der Waals surface area contributed by atoms with Gasteiger partial charge in [0.05, 0.1) is 0 Å². The summed E-state index contributed by atoms with van der Waals surface area (Å²) in [4.78, 5) is 24.4. The van der Waals surface area contributed by atoms with Crippen molar-refractivity contribution in [2.75, 3.05) is 5.32 Å². The SMILES string of the molecule is CCC(CC(=O)O)c1ccc([As](CC(C)C)CC(C)C)c(NC(=O)Cc2ccc(C#N)cc2)c1. The predicted octanol–water partition coefficient (Wildman–Crippen LogP) is 5.72. The predicted molar refractivity (Wildman–Crippen MR) is 140 cm³/mol. The Hall–Kier alpha value is -2.57. The zero-order valence-electron chi connectivity index (χ0n) is 21.0. The molecule has 182 valence electrons. The number of hydrogen-bond donors (Lipinski definition) is 2. The molecule has 5 nitrogen and oxygen atoms in total. The standard InChI is InChI=1S/C28H37AsN2O3/c1-6-23(15-28(33)34)24-11-12-25(29(16-19(2)3)17-20(4)5)26(14-24)31-27(32)13-21-7-9-22(18-30)10-8-21/h7-12,14,19-20,23H,6,13,15-17H2,1-5H3,(H,31,32)(H,33,34). The molecule has 0 saturated heterocycles. The Bertz CT molecular complexity index is 999. The fraction of sp³-hybridized carbons (Fsp3) is 0.464. The minimum absolute atomic E-state index is 0.0773. The molecule has 0 saturated carbocycles. The van der Waals surface area contributed by atoms with Crippen LogP contribution in [0.2, 0.25) is 10.4 Å². The average molecular weight is 525 g/mol. The zero-order chi connectivity index (χ0) is 25.3. The van der Waals surface area contributed by atoms with Gasteiger partial charge in [-0.05, 0) is 0 Å². The van der Waals surface area contributed by atoms with Crippen LogP contribution in [0.25, 0.3) is 0 Å². The molecule has 0 aliphatic rings. The summed E-state index contributed by atoms with van der Waals surface area (Å²) in [5, 5.41) is 23.8. The Morgan fingerprint density at radius 2 is 1.65 bits per heavy atom. The van der Waals surface area contributed by atoms with E-state index in [-0.39, 0.29) is 24.7 Å². The van der Waals surface area contributed by atoms with E-state index in [0.717, 1.165) is 33.7 Å². The van der Waals surface area contributed by atoms with E-state index in [9.17, 15) is 14.7 Å². The second-order valence-corrected chi connectivity index (χ2v) is 14.5. The Labute approximate surface area is 208 Å². The maximum atomic E-state index is 13.0. The van der Waals surface area contributed by atoms with Gasteiger partial charge in [-0.15, -0.1) is 0 Å². The molecule has 2 rings (SSSR count). The molecule has 0 heterocycles. The molecule has 0 spiro atoms. The monoisotopic (exact) mass is 524 g/mol. The summed E-state index contributed by atoms with van der Waals surface area (Å²) >= 11 is -1.44. The first-order chi connectivity index (χ1) is 16.1. The number of carbonyl (C=O) groups excluding carboxylic acids is 1. The van der Waals surface area contributed by atoms with Crippen molar-refractivity contribution in [3.8, 4) is 6.07 Å². The van der Waals surface area contributed by atoms with Crippen LogP contribution in [0.15, 0.2) is 42.5 Å². The number of hydrogen-bond acceptors (Lipinski definition) is 3. The van der Waals surface area contributed by atoms with E-state index in [4.69, 9.17) is 5.26 Å². The summed E-state index contributed by atoms with van der Waals surface area (Å²) < 4.78 is 1.26. The second-order valence-electron chi connectivity index (χ2n) is 9.71. The number of carbonyl (C=O) groups is 2. The quantitative estimate of drug-likeness (QED) is 0.348. The molecule has 1 atom stereocenters. The maximum absolute atomic E-state index is 13.0. The van der Waals surface area contributed by atoms with Crippen molar-refractivity contribution >= 4 is 36.6 Å². The van der Waals surface area contributed by atoms with E-state index < -0.39 is 20.6 Å². The Kier molecular flexibility index (Phi) is 10.9. The van der Waals surface area contributed by atoms with Crippen LogP contribution in [0.4, 0.5) is 5.69 Å². The minimum atomic E-state index is -1.44. The summed E-state index contributed by atoms with van der Waals surface area (Å²) in [6.45, 7) is 11.0. The van der Waals surface area contributed by atoms with Gasteiger partial charge in [-0.25, -0.2) is 0 Å². The molecule has 1 amide bonds. The number of rotatable bonds is 12. The summed E-state index contributed by atoms with van der Waals surface area (Å²) in [5.74, 6) is 0.163. The molecular weight excluding hydrogens is 487 g/mol. The number of nitriles is 1. The van der Waals surface area contributed by atoms with Crippen LogP contribution in [0.1, 0.15) is 70.1 Å². The van der Waals surface area contributed by atoms with Crippen molar-refractivity contribution in [3.63, 3.8) is 0 Å². The third kappa shape index (κ3) is 8.65. The van der Waals surface area contributed by atoms with Gasteiger partial charge >= 0.3 is 209 Å². The molecule has 0 bridgehead atoms. The molecule has 6 heteroatoms. The van der Waals surface area contributed by atoms with Gasteiger partial charge in [0.25, 0.3) is 0 Å². The van der Waals surface area contributed by atoms with Crippen LogP contribution in [-0.4, -0.2) is 31.6 Å². The topological polar surface area (TPSA) is 90.2 Å². The first-order valence-corrected chi connectivity index (χ1v) is 15.6. The van der Waals surface area contributed by atoms with E-state index in [0.29, 0.717) is 17.4 Å². The van der Waals surface area contributed by atoms with Gasteiger partial charge in [-0.3, -0.25) is 0 Å². The van der Waals surface area contributed by atoms with Crippen LogP contribution in [-0.2, 0) is 16.0 Å². The Morgan fingerprint density at radius 1 is 1.03 bits per heavy atom. The molecule has 1 unspecified atom stereocenters. The van der Waals surface area contributed by atoms with E-state index >= 15 is 0 Å². The summed E-state index contributed by atoms with van der Waals surface area (Å²) in [7, 11) is 0. The fourth-order valence-corrected chi connectivity index (χ4v) is 10.5. The van der Waals surface area contributed by atoms with E-state index in [1.54, 1.807) is 12.1 Å². The molecule has 0 radical (unpaired) electrons. The van der Waals surface area contributed by atoms with Gasteiger partial charge < -0.3 is 0 Å². The van der Waals surface area contributed by atoms with Gasteiger partial charge in [0, 0.05) is 0 Å². The third-order valence-corrected chi connectivity index (χ3v) is 12.8. The summed E-state index contributed by atoms with van der Waals surface area (Å²) in [6, 6.07) is 15.4. The molecule has 0 aliphatic carbocycles.